The van der Waals surface area contributed by atoms with Gasteiger partial charge in [-0.2, -0.15) is 0 Å². The van der Waals surface area contributed by atoms with Crippen LogP contribution in [0.15, 0.2) is 22.8 Å². The summed E-state index contributed by atoms with van der Waals surface area (Å²) >= 11 is 3.24. The SMILES string of the molecule is Cl.NNc1ccc(Br)cn1. The zero-order valence-corrected chi connectivity index (χ0v) is 7.45. The lowest BCUT2D eigenvalue weighted by Gasteiger charge is -1.95. The summed E-state index contributed by atoms with van der Waals surface area (Å²) in [6, 6.07) is 3.65. The molecule has 0 unspecified atom stereocenters. The molecule has 0 amide bonds. The summed E-state index contributed by atoms with van der Waals surface area (Å²) in [7, 11) is 0. The van der Waals surface area contributed by atoms with Gasteiger partial charge in [0.25, 0.3) is 0 Å². The molecule has 0 saturated carbocycles. The second kappa shape index (κ2) is 4.49. The predicted molar refractivity (Wildman–Crippen MR) is 47.0 cm³/mol. The number of hydrogen-bond acceptors (Lipinski definition) is 3. The molecule has 1 aromatic rings. The lowest BCUT2D eigenvalue weighted by molar-refractivity contribution is 1.22. The Labute approximate surface area is 73.5 Å². The quantitative estimate of drug-likeness (QED) is 0.562. The van der Waals surface area contributed by atoms with Gasteiger partial charge >= 0.3 is 0 Å². The number of hydrazine groups is 1. The molecule has 0 spiro atoms. The maximum atomic E-state index is 5.07. The van der Waals surface area contributed by atoms with Crippen LogP contribution >= 0.6 is 28.3 Å². The fourth-order valence-corrected chi connectivity index (χ4v) is 0.696. The molecule has 1 rings (SSSR count). The van der Waals surface area contributed by atoms with E-state index in [9.17, 15) is 0 Å². The molecule has 0 aromatic carbocycles. The van der Waals surface area contributed by atoms with Crippen molar-refractivity contribution in [3.05, 3.63) is 22.8 Å². The Morgan fingerprint density at radius 2 is 2.20 bits per heavy atom. The fourth-order valence-electron chi connectivity index (χ4n) is 0.461. The second-order valence-corrected chi connectivity index (χ2v) is 2.42. The summed E-state index contributed by atoms with van der Waals surface area (Å²) in [6.07, 6.45) is 1.68. The lowest BCUT2D eigenvalue weighted by Crippen LogP contribution is -2.07. The van der Waals surface area contributed by atoms with E-state index in [4.69, 9.17) is 5.84 Å². The smallest absolute Gasteiger partial charge is 0.139 e. The summed E-state index contributed by atoms with van der Waals surface area (Å²) in [5.74, 6) is 5.74. The zero-order chi connectivity index (χ0) is 6.69. The second-order valence-electron chi connectivity index (χ2n) is 1.51. The number of nitrogen functional groups attached to an aromatic ring is 1. The van der Waals surface area contributed by atoms with E-state index in [-0.39, 0.29) is 12.4 Å². The number of nitrogens with two attached hydrogens (primary N) is 1. The van der Waals surface area contributed by atoms with Gasteiger partial charge in [-0.05, 0) is 28.1 Å². The molecule has 3 nitrogen and oxygen atoms in total. The van der Waals surface area contributed by atoms with Gasteiger partial charge in [-0.1, -0.05) is 0 Å². The highest BCUT2D eigenvalue weighted by molar-refractivity contribution is 9.10. The van der Waals surface area contributed by atoms with Crippen molar-refractivity contribution in [2.24, 2.45) is 5.84 Å². The number of halogens is 2. The maximum absolute atomic E-state index is 5.07. The zero-order valence-electron chi connectivity index (χ0n) is 5.04. The van der Waals surface area contributed by atoms with E-state index < -0.39 is 0 Å². The molecule has 0 bridgehead atoms. The van der Waals surface area contributed by atoms with Crippen LogP contribution in [0.4, 0.5) is 5.82 Å². The van der Waals surface area contributed by atoms with Crippen molar-refractivity contribution >= 4 is 34.2 Å². The third kappa shape index (κ3) is 2.51. The molecule has 0 aliphatic rings. The van der Waals surface area contributed by atoms with E-state index in [2.05, 4.69) is 26.3 Å². The number of hydrogen-bond donors (Lipinski definition) is 2. The first-order valence-corrected chi connectivity index (χ1v) is 3.20. The van der Waals surface area contributed by atoms with Crippen LogP contribution in [0.3, 0.4) is 0 Å². The van der Waals surface area contributed by atoms with E-state index in [0.717, 1.165) is 4.47 Å². The summed E-state index contributed by atoms with van der Waals surface area (Å²) in [5.41, 5.74) is 2.42. The first kappa shape index (κ1) is 9.68. The molecule has 56 valence electrons. The van der Waals surface area contributed by atoms with Gasteiger partial charge in [0.15, 0.2) is 0 Å². The van der Waals surface area contributed by atoms with Crippen molar-refractivity contribution in [1.29, 1.82) is 0 Å². The standard InChI is InChI=1S/C5H6BrN3.ClH/c6-4-1-2-5(9-7)8-3-4;/h1-3H,7H2,(H,8,9);1H. The number of aromatic nitrogens is 1. The number of rotatable bonds is 1. The van der Waals surface area contributed by atoms with Gasteiger partial charge in [0.1, 0.15) is 5.82 Å². The van der Waals surface area contributed by atoms with Gasteiger partial charge in [-0.25, -0.2) is 10.8 Å². The lowest BCUT2D eigenvalue weighted by atomic mass is 10.5. The Kier molecular flexibility index (Phi) is 4.34. The largest absolute Gasteiger partial charge is 0.308 e. The minimum Gasteiger partial charge on any atom is -0.308 e. The first-order valence-electron chi connectivity index (χ1n) is 2.41. The van der Waals surface area contributed by atoms with E-state index in [1.54, 1.807) is 12.3 Å². The molecular weight excluding hydrogens is 217 g/mol. The minimum atomic E-state index is 0. The summed E-state index contributed by atoms with van der Waals surface area (Å²) in [5, 5.41) is 0. The normalized spacial score (nSPS) is 8.20. The van der Waals surface area contributed by atoms with Gasteiger partial charge in [-0.3, -0.25) is 0 Å². The molecule has 1 aromatic heterocycles. The molecule has 0 aliphatic carbocycles. The molecule has 5 heteroatoms. The van der Waals surface area contributed by atoms with E-state index >= 15 is 0 Å². The van der Waals surface area contributed by atoms with Crippen LogP contribution in [0, 0.1) is 0 Å². The van der Waals surface area contributed by atoms with E-state index in [0.29, 0.717) is 5.82 Å². The number of pyridine rings is 1. The van der Waals surface area contributed by atoms with Crippen LogP contribution < -0.4 is 11.3 Å². The molecular formula is C5H7BrClN3. The topological polar surface area (TPSA) is 50.9 Å². The molecule has 10 heavy (non-hydrogen) atoms. The Hall–Kier alpha value is -0.320. The fraction of sp³-hybridized carbons (Fsp3) is 0. The average molecular weight is 224 g/mol. The van der Waals surface area contributed by atoms with Gasteiger partial charge in [0.05, 0.1) is 0 Å². The van der Waals surface area contributed by atoms with Crippen molar-refractivity contribution in [2.75, 3.05) is 5.43 Å². The monoisotopic (exact) mass is 223 g/mol. The van der Waals surface area contributed by atoms with Gasteiger partial charge in [0.2, 0.25) is 0 Å². The van der Waals surface area contributed by atoms with Crippen molar-refractivity contribution in [2.45, 2.75) is 0 Å². The van der Waals surface area contributed by atoms with Crippen molar-refractivity contribution in [1.82, 2.24) is 4.98 Å². The van der Waals surface area contributed by atoms with Crippen molar-refractivity contribution in [3.8, 4) is 0 Å². The van der Waals surface area contributed by atoms with Crippen LogP contribution in [0.1, 0.15) is 0 Å². The van der Waals surface area contributed by atoms with Crippen molar-refractivity contribution in [3.63, 3.8) is 0 Å². The third-order valence-corrected chi connectivity index (χ3v) is 1.34. The van der Waals surface area contributed by atoms with Crippen LogP contribution in [-0.4, -0.2) is 4.98 Å². The van der Waals surface area contributed by atoms with E-state index in [1.165, 1.54) is 0 Å². The summed E-state index contributed by atoms with van der Waals surface area (Å²) < 4.78 is 0.946. The van der Waals surface area contributed by atoms with Gasteiger partial charge < -0.3 is 5.43 Å². The predicted octanol–water partition coefficient (Wildman–Crippen LogP) is 1.55. The average Bonchev–Trinajstić information content (AvgIpc) is 1.90. The minimum absolute atomic E-state index is 0. The first-order chi connectivity index (χ1) is 4.33. The maximum Gasteiger partial charge on any atom is 0.139 e. The van der Waals surface area contributed by atoms with Crippen LogP contribution in [0.25, 0.3) is 0 Å². The molecule has 0 radical (unpaired) electrons. The number of nitrogens with zero attached hydrogens (tertiary/aromatic N) is 1. The van der Waals surface area contributed by atoms with Crippen molar-refractivity contribution < 1.29 is 0 Å². The van der Waals surface area contributed by atoms with Gasteiger partial charge in [0, 0.05) is 10.7 Å². The molecule has 1 heterocycles. The molecule has 3 N–H and O–H groups in total. The van der Waals surface area contributed by atoms with Crippen LogP contribution in [-0.2, 0) is 0 Å². The summed E-state index contributed by atoms with van der Waals surface area (Å²) in [6.45, 7) is 0. The molecule has 0 atom stereocenters. The van der Waals surface area contributed by atoms with Gasteiger partial charge in [-0.15, -0.1) is 12.4 Å². The molecule has 0 saturated heterocycles. The van der Waals surface area contributed by atoms with Crippen LogP contribution in [0.5, 0.6) is 0 Å². The highest BCUT2D eigenvalue weighted by Gasteiger charge is 1.86. The molecule has 0 aliphatic heterocycles. The van der Waals surface area contributed by atoms with Crippen LogP contribution in [0.2, 0.25) is 0 Å². The Balaban J connectivity index is 0.000000810. The summed E-state index contributed by atoms with van der Waals surface area (Å²) in [4.78, 5) is 3.91. The number of nitrogens with one attached hydrogen (secondary N) is 1. The highest BCUT2D eigenvalue weighted by atomic mass is 79.9. The highest BCUT2D eigenvalue weighted by Crippen LogP contribution is 2.08. The third-order valence-electron chi connectivity index (χ3n) is 0.875. The Morgan fingerprint density at radius 3 is 2.60 bits per heavy atom. The Bertz CT molecular complexity index is 189. The molecule has 0 fully saturated rings. The number of anilines is 1. The van der Waals surface area contributed by atoms with E-state index in [1.807, 2.05) is 6.07 Å². The Morgan fingerprint density at radius 1 is 1.50 bits per heavy atom.